The van der Waals surface area contributed by atoms with Gasteiger partial charge in [-0.05, 0) is 0 Å². The van der Waals surface area contributed by atoms with Crippen molar-refractivity contribution >= 4 is 26.2 Å². The van der Waals surface area contributed by atoms with Crippen LogP contribution in [0.3, 0.4) is 0 Å². The standard InChI is InChI=1S/Bi.ClH.6H2O/h;1H;6*1H2/q+3;;;;;;;/p-1. The molecule has 0 atom stereocenters. The second-order valence-electron chi connectivity index (χ2n) is 0. The molecule has 8 heteroatoms. The Morgan fingerprint density at radius 2 is 0.375 bits per heavy atom. The number of hydrogen-bond donors (Lipinski definition) is 0. The molecule has 8 heavy (non-hydrogen) atoms. The molecule has 2 radical (unpaired) electrons. The van der Waals surface area contributed by atoms with Crippen molar-refractivity contribution in [3.63, 3.8) is 0 Å². The molecule has 0 rings (SSSR count). The number of rotatable bonds is 0. The van der Waals surface area contributed by atoms with Crippen LogP contribution in [0.5, 0.6) is 0 Å². The Kier molecular flexibility index (Phi) is 35300. The van der Waals surface area contributed by atoms with Crippen LogP contribution in [0.15, 0.2) is 0 Å². The van der Waals surface area contributed by atoms with Crippen molar-refractivity contribution in [1.29, 1.82) is 0 Å². The van der Waals surface area contributed by atoms with E-state index < -0.39 is 0 Å². The van der Waals surface area contributed by atoms with Gasteiger partial charge in [0.15, 0.2) is 0 Å². The minimum atomic E-state index is 0. The average Bonchev–Trinajstić information content (AvgIpc) is 0. The molecule has 0 aliphatic rings. The van der Waals surface area contributed by atoms with Gasteiger partial charge in [0.05, 0.1) is 0 Å². The molecule has 0 aliphatic carbocycles. The van der Waals surface area contributed by atoms with Crippen molar-refractivity contribution in [3.05, 3.63) is 0 Å². The zero-order chi connectivity index (χ0) is 0. The topological polar surface area (TPSA) is 189 Å². The van der Waals surface area contributed by atoms with Gasteiger partial charge in [-0.15, -0.1) is 0 Å². The summed E-state index contributed by atoms with van der Waals surface area (Å²) in [7, 11) is 0. The van der Waals surface area contributed by atoms with Crippen molar-refractivity contribution in [2.75, 3.05) is 0 Å². The molecule has 0 unspecified atom stereocenters. The Balaban J connectivity index is 0. The predicted molar refractivity (Wildman–Crippen MR) is 27.4 cm³/mol. The molecule has 0 aliphatic heterocycles. The Hall–Kier alpha value is 0.933. The van der Waals surface area contributed by atoms with Crippen LogP contribution < -0.4 is 12.4 Å². The van der Waals surface area contributed by atoms with Crippen LogP contribution in [0.4, 0.5) is 0 Å². The molecule has 0 heterocycles. The van der Waals surface area contributed by atoms with Gasteiger partial charge >= 0.3 is 26.2 Å². The van der Waals surface area contributed by atoms with Crippen molar-refractivity contribution in [2.45, 2.75) is 0 Å². The van der Waals surface area contributed by atoms with Gasteiger partial charge in [-0.2, -0.15) is 0 Å². The van der Waals surface area contributed by atoms with Crippen molar-refractivity contribution in [3.8, 4) is 0 Å². The molecule has 0 aromatic carbocycles. The minimum absolute atomic E-state index is 0. The van der Waals surface area contributed by atoms with E-state index in [1.54, 1.807) is 0 Å². The Morgan fingerprint density at radius 1 is 0.375 bits per heavy atom. The second-order valence-corrected chi connectivity index (χ2v) is 0. The van der Waals surface area contributed by atoms with E-state index >= 15 is 0 Å². The van der Waals surface area contributed by atoms with Crippen LogP contribution in [0.1, 0.15) is 0 Å². The summed E-state index contributed by atoms with van der Waals surface area (Å²) in [6, 6.07) is 0. The molecule has 0 spiro atoms. The molecule has 0 aromatic rings. The molecule has 0 bridgehead atoms. The first-order valence-corrected chi connectivity index (χ1v) is 0. The van der Waals surface area contributed by atoms with Crippen LogP contribution in [0.25, 0.3) is 0 Å². The van der Waals surface area contributed by atoms with Crippen LogP contribution >= 0.6 is 0 Å². The Bertz CT molecular complexity index is 8.49. The van der Waals surface area contributed by atoms with Gasteiger partial charge in [0.1, 0.15) is 0 Å². The van der Waals surface area contributed by atoms with Gasteiger partial charge in [-0.3, -0.25) is 0 Å². The maximum Gasteiger partial charge on any atom is 3.00 e. The third-order valence-corrected chi connectivity index (χ3v) is 0. The zero-order valence-corrected chi connectivity index (χ0v) is 8.06. The van der Waals surface area contributed by atoms with Crippen molar-refractivity contribution in [2.24, 2.45) is 0 Å². The van der Waals surface area contributed by atoms with E-state index in [1.165, 1.54) is 0 Å². The molecule has 0 saturated carbocycles. The first-order valence-electron chi connectivity index (χ1n) is 0. The Morgan fingerprint density at radius 3 is 0.375 bits per heavy atom. The molecule has 0 fully saturated rings. The van der Waals surface area contributed by atoms with Gasteiger partial charge in [0, 0.05) is 0 Å². The normalized spacial score (nSPS) is 0. The van der Waals surface area contributed by atoms with Gasteiger partial charge in [-0.25, -0.2) is 0 Å². The van der Waals surface area contributed by atoms with Gasteiger partial charge in [-0.1, -0.05) is 0 Å². The monoisotopic (exact) mass is 352 g/mol. The molecule has 0 saturated heterocycles. The minimum Gasteiger partial charge on any atom is -1.00 e. The predicted octanol–water partition coefficient (Wildman–Crippen LogP) is -8.32. The molecule has 0 aromatic heterocycles. The maximum absolute atomic E-state index is 0. The first-order chi connectivity index (χ1) is 0. The fourth-order valence-corrected chi connectivity index (χ4v) is 0. The van der Waals surface area contributed by atoms with E-state index in [0.29, 0.717) is 0 Å². The van der Waals surface area contributed by atoms with E-state index in [2.05, 4.69) is 0 Å². The van der Waals surface area contributed by atoms with Crippen LogP contribution in [-0.4, -0.2) is 59.1 Å². The first kappa shape index (κ1) is 646. The number of halogens is 1. The molecular formula is H12BiClO6+2. The summed E-state index contributed by atoms with van der Waals surface area (Å²) in [6.45, 7) is 0. The largest absolute Gasteiger partial charge is 3.00 e. The Labute approximate surface area is 71.7 Å². The number of hydrogen-bond acceptors (Lipinski definition) is 0. The molecule has 0 amide bonds. The van der Waals surface area contributed by atoms with E-state index in [9.17, 15) is 0 Å². The summed E-state index contributed by atoms with van der Waals surface area (Å²) in [5.74, 6) is 0. The van der Waals surface area contributed by atoms with E-state index in [4.69, 9.17) is 0 Å². The summed E-state index contributed by atoms with van der Waals surface area (Å²) in [4.78, 5) is 0. The summed E-state index contributed by atoms with van der Waals surface area (Å²) in [5.41, 5.74) is 0. The summed E-state index contributed by atoms with van der Waals surface area (Å²) in [5, 5.41) is 0. The third-order valence-electron chi connectivity index (χ3n) is 0. The third kappa shape index (κ3) is 280. The fraction of sp³-hybridized carbons (Fsp3) is 0. The smallest absolute Gasteiger partial charge is 1.00 e. The average molecular weight is 353 g/mol. The molecule has 12 N–H and O–H groups in total. The van der Waals surface area contributed by atoms with Gasteiger partial charge < -0.3 is 45.3 Å². The van der Waals surface area contributed by atoms with E-state index in [-0.39, 0.29) is 71.5 Å². The maximum atomic E-state index is 0. The summed E-state index contributed by atoms with van der Waals surface area (Å²) >= 11 is 0. The van der Waals surface area contributed by atoms with Crippen molar-refractivity contribution in [1.82, 2.24) is 0 Å². The van der Waals surface area contributed by atoms with Gasteiger partial charge in [0.25, 0.3) is 0 Å². The van der Waals surface area contributed by atoms with Crippen LogP contribution in [0.2, 0.25) is 0 Å². The van der Waals surface area contributed by atoms with Gasteiger partial charge in [0.2, 0.25) is 0 Å². The van der Waals surface area contributed by atoms with E-state index in [0.717, 1.165) is 0 Å². The van der Waals surface area contributed by atoms with Crippen LogP contribution in [0, 0.1) is 0 Å². The summed E-state index contributed by atoms with van der Waals surface area (Å²) < 4.78 is 0. The second kappa shape index (κ2) is 438. The molecule has 58 valence electrons. The zero-order valence-electron chi connectivity index (χ0n) is 3.83. The summed E-state index contributed by atoms with van der Waals surface area (Å²) in [6.07, 6.45) is 0. The molecular weight excluding hydrogens is 340 g/mol. The SMILES string of the molecule is O.O.O.O.O.O.[Bi+3].[Cl-]. The molecule has 6 nitrogen and oxygen atoms in total. The van der Waals surface area contributed by atoms with Crippen LogP contribution in [-0.2, 0) is 0 Å². The fourth-order valence-electron chi connectivity index (χ4n) is 0. The van der Waals surface area contributed by atoms with Crippen molar-refractivity contribution < 1.29 is 45.3 Å². The van der Waals surface area contributed by atoms with E-state index in [1.807, 2.05) is 0 Å². The quantitative estimate of drug-likeness (QED) is 0.374.